The van der Waals surface area contributed by atoms with Gasteiger partial charge in [-0.2, -0.15) is 0 Å². The second-order valence-corrected chi connectivity index (χ2v) is 5.07. The van der Waals surface area contributed by atoms with Crippen molar-refractivity contribution in [1.82, 2.24) is 4.98 Å². The molecular weight excluding hydrogens is 250 g/mol. The predicted octanol–water partition coefficient (Wildman–Crippen LogP) is 3.15. The predicted molar refractivity (Wildman–Crippen MR) is 82.0 cm³/mol. The number of nitrogens with two attached hydrogens (primary N) is 1. The highest BCUT2D eigenvalue weighted by Gasteiger charge is 2.13. The third-order valence-electron chi connectivity index (χ3n) is 3.26. The van der Waals surface area contributed by atoms with Crippen LogP contribution in [0, 0.1) is 27.7 Å². The first-order chi connectivity index (χ1) is 9.38. The lowest BCUT2D eigenvalue weighted by atomic mass is 10.1. The third kappa shape index (κ3) is 2.79. The molecule has 0 saturated heterocycles. The molecule has 1 heterocycles. The minimum Gasteiger partial charge on any atom is -0.399 e. The van der Waals surface area contributed by atoms with Crippen LogP contribution in [0.5, 0.6) is 0 Å². The molecule has 104 valence electrons. The van der Waals surface area contributed by atoms with Crippen molar-refractivity contribution in [3.8, 4) is 0 Å². The highest BCUT2D eigenvalue weighted by Crippen LogP contribution is 2.24. The van der Waals surface area contributed by atoms with Gasteiger partial charge in [0.25, 0.3) is 5.91 Å². The summed E-state index contributed by atoms with van der Waals surface area (Å²) in [4.78, 5) is 16.7. The summed E-state index contributed by atoms with van der Waals surface area (Å²) >= 11 is 0. The molecule has 0 fully saturated rings. The number of nitrogens with one attached hydrogen (secondary N) is 1. The summed E-state index contributed by atoms with van der Waals surface area (Å²) in [6.45, 7) is 7.60. The van der Waals surface area contributed by atoms with Crippen LogP contribution < -0.4 is 11.1 Å². The van der Waals surface area contributed by atoms with Gasteiger partial charge in [0.15, 0.2) is 0 Å². The van der Waals surface area contributed by atoms with E-state index in [-0.39, 0.29) is 5.91 Å². The fraction of sp³-hybridized carbons (Fsp3) is 0.250. The van der Waals surface area contributed by atoms with E-state index < -0.39 is 0 Å². The Balaban J connectivity index is 2.33. The molecule has 1 aromatic heterocycles. The number of rotatable bonds is 2. The molecule has 20 heavy (non-hydrogen) atoms. The van der Waals surface area contributed by atoms with Gasteiger partial charge in [-0.15, -0.1) is 0 Å². The number of benzene rings is 1. The molecule has 0 saturated carbocycles. The third-order valence-corrected chi connectivity index (χ3v) is 3.26. The molecule has 0 bridgehead atoms. The molecule has 0 spiro atoms. The van der Waals surface area contributed by atoms with Crippen LogP contribution in [0.2, 0.25) is 0 Å². The second-order valence-electron chi connectivity index (χ2n) is 5.07. The number of pyridine rings is 1. The number of nitrogens with zero attached hydrogens (tertiary/aromatic N) is 1. The first-order valence-corrected chi connectivity index (χ1v) is 6.51. The molecule has 2 aromatic rings. The summed E-state index contributed by atoms with van der Waals surface area (Å²) in [6.07, 6.45) is 0. The Morgan fingerprint density at radius 2 is 1.70 bits per heavy atom. The maximum atomic E-state index is 12.4. The van der Waals surface area contributed by atoms with E-state index in [2.05, 4.69) is 10.3 Å². The van der Waals surface area contributed by atoms with E-state index in [0.717, 1.165) is 28.2 Å². The Hall–Kier alpha value is -2.36. The van der Waals surface area contributed by atoms with Crippen LogP contribution in [-0.2, 0) is 0 Å². The van der Waals surface area contributed by atoms with Crippen molar-refractivity contribution < 1.29 is 4.79 Å². The van der Waals surface area contributed by atoms with Gasteiger partial charge in [-0.25, -0.2) is 0 Å². The van der Waals surface area contributed by atoms with Crippen molar-refractivity contribution in [2.75, 3.05) is 11.1 Å². The maximum absolute atomic E-state index is 12.4. The monoisotopic (exact) mass is 269 g/mol. The second kappa shape index (κ2) is 5.33. The van der Waals surface area contributed by atoms with Gasteiger partial charge >= 0.3 is 0 Å². The summed E-state index contributed by atoms with van der Waals surface area (Å²) in [6, 6.07) is 7.34. The van der Waals surface area contributed by atoms with Crippen molar-refractivity contribution in [2.45, 2.75) is 27.7 Å². The molecule has 0 unspecified atom stereocenters. The lowest BCUT2D eigenvalue weighted by Crippen LogP contribution is -2.16. The van der Waals surface area contributed by atoms with Crippen molar-refractivity contribution in [2.24, 2.45) is 0 Å². The minimum atomic E-state index is -0.147. The summed E-state index contributed by atoms with van der Waals surface area (Å²) in [5.41, 5.74) is 11.4. The first kappa shape index (κ1) is 14.1. The zero-order chi connectivity index (χ0) is 14.9. The topological polar surface area (TPSA) is 68.0 Å². The Morgan fingerprint density at radius 1 is 1.10 bits per heavy atom. The van der Waals surface area contributed by atoms with Gasteiger partial charge < -0.3 is 11.1 Å². The summed E-state index contributed by atoms with van der Waals surface area (Å²) < 4.78 is 0. The van der Waals surface area contributed by atoms with Crippen LogP contribution in [0.4, 0.5) is 11.4 Å². The highest BCUT2D eigenvalue weighted by molar-refractivity contribution is 6.05. The standard InChI is InChI=1S/C16H19N3O/c1-9-7-13(17)8-10(2)15(9)19-16(20)14-6-5-11(3)18-12(14)4/h5-8H,17H2,1-4H3,(H,19,20). The Bertz CT molecular complexity index is 654. The molecule has 1 amide bonds. The molecule has 4 heteroatoms. The zero-order valence-corrected chi connectivity index (χ0v) is 12.2. The molecule has 0 aliphatic heterocycles. The maximum Gasteiger partial charge on any atom is 0.257 e. The number of hydrogen-bond donors (Lipinski definition) is 2. The van der Waals surface area contributed by atoms with Crippen LogP contribution in [0.1, 0.15) is 32.9 Å². The fourth-order valence-electron chi connectivity index (χ4n) is 2.30. The zero-order valence-electron chi connectivity index (χ0n) is 12.2. The molecule has 0 aliphatic rings. The van der Waals surface area contributed by atoms with Crippen molar-refractivity contribution in [3.05, 3.63) is 52.3 Å². The average molecular weight is 269 g/mol. The van der Waals surface area contributed by atoms with Gasteiger partial charge in [0.05, 0.1) is 11.3 Å². The molecular formula is C16H19N3O. The van der Waals surface area contributed by atoms with E-state index >= 15 is 0 Å². The van der Waals surface area contributed by atoms with Crippen molar-refractivity contribution in [1.29, 1.82) is 0 Å². The quantitative estimate of drug-likeness (QED) is 0.823. The molecule has 0 atom stereocenters. The molecule has 4 nitrogen and oxygen atoms in total. The van der Waals surface area contributed by atoms with Crippen LogP contribution in [0.3, 0.4) is 0 Å². The number of aryl methyl sites for hydroxylation is 4. The number of nitrogen functional groups attached to an aromatic ring is 1. The lowest BCUT2D eigenvalue weighted by Gasteiger charge is -2.13. The van der Waals surface area contributed by atoms with Gasteiger partial charge in [-0.1, -0.05) is 0 Å². The highest BCUT2D eigenvalue weighted by atomic mass is 16.1. The van der Waals surface area contributed by atoms with Crippen LogP contribution in [0.25, 0.3) is 0 Å². The summed E-state index contributed by atoms with van der Waals surface area (Å²) in [7, 11) is 0. The average Bonchev–Trinajstić information content (AvgIpc) is 2.33. The summed E-state index contributed by atoms with van der Waals surface area (Å²) in [5.74, 6) is -0.147. The van der Waals surface area contributed by atoms with Gasteiger partial charge in [-0.3, -0.25) is 9.78 Å². The number of amides is 1. The number of aromatic nitrogens is 1. The van der Waals surface area contributed by atoms with Gasteiger partial charge in [-0.05, 0) is 63.1 Å². The van der Waals surface area contributed by atoms with Crippen LogP contribution in [-0.4, -0.2) is 10.9 Å². The van der Waals surface area contributed by atoms with Crippen molar-refractivity contribution in [3.63, 3.8) is 0 Å². The minimum absolute atomic E-state index is 0.147. The van der Waals surface area contributed by atoms with Gasteiger partial charge in [0, 0.05) is 17.1 Å². The van der Waals surface area contributed by atoms with E-state index in [1.807, 2.05) is 45.9 Å². The molecule has 3 N–H and O–H groups in total. The normalized spacial score (nSPS) is 10.4. The van der Waals surface area contributed by atoms with E-state index in [1.165, 1.54) is 0 Å². The van der Waals surface area contributed by atoms with Crippen LogP contribution >= 0.6 is 0 Å². The van der Waals surface area contributed by atoms with Crippen LogP contribution in [0.15, 0.2) is 24.3 Å². The van der Waals surface area contributed by atoms with Gasteiger partial charge in [0.2, 0.25) is 0 Å². The van der Waals surface area contributed by atoms with E-state index in [1.54, 1.807) is 6.07 Å². The SMILES string of the molecule is Cc1ccc(C(=O)Nc2c(C)cc(N)cc2C)c(C)n1. The largest absolute Gasteiger partial charge is 0.399 e. The van der Waals surface area contributed by atoms with Gasteiger partial charge in [0.1, 0.15) is 0 Å². The molecule has 1 aromatic carbocycles. The van der Waals surface area contributed by atoms with E-state index in [9.17, 15) is 4.79 Å². The fourth-order valence-corrected chi connectivity index (χ4v) is 2.30. The van der Waals surface area contributed by atoms with E-state index in [4.69, 9.17) is 5.73 Å². The Morgan fingerprint density at radius 3 is 2.25 bits per heavy atom. The van der Waals surface area contributed by atoms with E-state index in [0.29, 0.717) is 11.3 Å². The number of anilines is 2. The number of carbonyl (C=O) groups excluding carboxylic acids is 1. The number of carbonyl (C=O) groups is 1. The number of hydrogen-bond acceptors (Lipinski definition) is 3. The first-order valence-electron chi connectivity index (χ1n) is 6.51. The Labute approximate surface area is 119 Å². The Kier molecular flexibility index (Phi) is 3.74. The molecule has 2 rings (SSSR count). The molecule has 0 aliphatic carbocycles. The smallest absolute Gasteiger partial charge is 0.257 e. The summed E-state index contributed by atoms with van der Waals surface area (Å²) in [5, 5.41) is 2.95. The lowest BCUT2D eigenvalue weighted by molar-refractivity contribution is 0.102. The molecule has 0 radical (unpaired) electrons. The van der Waals surface area contributed by atoms with Crippen molar-refractivity contribution >= 4 is 17.3 Å².